The smallest absolute Gasteiger partial charge is 0.261 e. The zero-order chi connectivity index (χ0) is 10.9. The topological polar surface area (TPSA) is 67.9 Å². The number of epoxide rings is 1. The van der Waals surface area contributed by atoms with E-state index in [1.807, 2.05) is 0 Å². The van der Waals surface area contributed by atoms with Crippen LogP contribution < -0.4 is 5.32 Å². The second-order valence-corrected chi connectivity index (χ2v) is 5.94. The summed E-state index contributed by atoms with van der Waals surface area (Å²) >= 11 is 4.89. The van der Waals surface area contributed by atoms with E-state index >= 15 is 0 Å². The van der Waals surface area contributed by atoms with Crippen LogP contribution in [-0.4, -0.2) is 44.4 Å². The Morgan fingerprint density at radius 1 is 1.73 bits per heavy atom. The highest BCUT2D eigenvalue weighted by molar-refractivity contribution is 7.92. The molecule has 0 bridgehead atoms. The Bertz CT molecular complexity index is 397. The lowest BCUT2D eigenvalue weighted by Gasteiger charge is -2.08. The second-order valence-electron chi connectivity index (χ2n) is 3.46. The van der Waals surface area contributed by atoms with Crippen LogP contribution in [0.2, 0.25) is 0 Å². The minimum Gasteiger partial charge on any atom is -0.468 e. The van der Waals surface area contributed by atoms with Crippen molar-refractivity contribution in [3.63, 3.8) is 0 Å². The summed E-state index contributed by atoms with van der Waals surface area (Å²) in [7, 11) is -2.95. The number of nitrogens with one attached hydrogen (secondary N) is 1. The number of sulfone groups is 1. The molecule has 5 nitrogen and oxygen atoms in total. The highest BCUT2D eigenvalue weighted by atomic mass is 32.2. The van der Waals surface area contributed by atoms with Crippen molar-refractivity contribution < 1.29 is 17.9 Å². The molecule has 0 aromatic heterocycles. The average molecular weight is 249 g/mol. The minimum atomic E-state index is -2.95. The lowest BCUT2D eigenvalue weighted by molar-refractivity contribution is 0.251. The van der Waals surface area contributed by atoms with E-state index in [1.54, 1.807) is 6.08 Å². The fourth-order valence-electron chi connectivity index (χ4n) is 1.17. The van der Waals surface area contributed by atoms with Crippen molar-refractivity contribution in [1.82, 2.24) is 5.32 Å². The van der Waals surface area contributed by atoms with Crippen molar-refractivity contribution in [2.75, 3.05) is 24.7 Å². The second kappa shape index (κ2) is 4.07. The maximum absolute atomic E-state index is 11.1. The molecule has 2 rings (SSSR count). The first kappa shape index (κ1) is 10.8. The van der Waals surface area contributed by atoms with Gasteiger partial charge in [0.25, 0.3) is 5.17 Å². The van der Waals surface area contributed by atoms with Gasteiger partial charge in [0.05, 0.1) is 18.1 Å². The molecule has 0 saturated carbocycles. The quantitative estimate of drug-likeness (QED) is 0.542. The summed E-state index contributed by atoms with van der Waals surface area (Å²) in [6.45, 7) is 1.13. The number of hydrogen-bond donors (Lipinski definition) is 1. The molecule has 2 aliphatic heterocycles. The van der Waals surface area contributed by atoms with Crippen LogP contribution in [0.4, 0.5) is 0 Å². The standard InChI is InChI=1S/C8H11NO4S2/c10-15(11)2-1-6(5-15)9-8(14)13-4-7-3-12-7/h1,7H,2-5H2,(H,9,14)/t7-/m1/s1. The first-order valence-electron chi connectivity index (χ1n) is 4.50. The Kier molecular flexibility index (Phi) is 2.94. The van der Waals surface area contributed by atoms with Crippen molar-refractivity contribution in [3.05, 3.63) is 11.8 Å². The Hall–Kier alpha value is -0.660. The fourth-order valence-corrected chi connectivity index (χ4v) is 2.61. The molecule has 1 saturated heterocycles. The summed E-state index contributed by atoms with van der Waals surface area (Å²) in [5.74, 6) is 0.0834. The van der Waals surface area contributed by atoms with Gasteiger partial charge in [0.1, 0.15) is 12.7 Å². The Morgan fingerprint density at radius 2 is 2.47 bits per heavy atom. The van der Waals surface area contributed by atoms with Crippen LogP contribution in [0.5, 0.6) is 0 Å². The van der Waals surface area contributed by atoms with Gasteiger partial charge < -0.3 is 14.8 Å². The van der Waals surface area contributed by atoms with Crippen LogP contribution in [0.3, 0.4) is 0 Å². The van der Waals surface area contributed by atoms with Gasteiger partial charge in [-0.05, 0) is 18.3 Å². The molecule has 0 unspecified atom stereocenters. The highest BCUT2D eigenvalue weighted by Crippen LogP contribution is 2.10. The summed E-state index contributed by atoms with van der Waals surface area (Å²) < 4.78 is 32.3. The molecule has 84 valence electrons. The van der Waals surface area contributed by atoms with E-state index in [0.717, 1.165) is 0 Å². The van der Waals surface area contributed by atoms with Gasteiger partial charge in [-0.15, -0.1) is 0 Å². The largest absolute Gasteiger partial charge is 0.468 e. The van der Waals surface area contributed by atoms with Crippen LogP contribution in [-0.2, 0) is 19.3 Å². The van der Waals surface area contributed by atoms with Crippen molar-refractivity contribution >= 4 is 27.2 Å². The molecule has 2 heterocycles. The van der Waals surface area contributed by atoms with Gasteiger partial charge in [-0.1, -0.05) is 0 Å². The molecule has 15 heavy (non-hydrogen) atoms. The molecule has 0 spiro atoms. The fraction of sp³-hybridized carbons (Fsp3) is 0.625. The number of ether oxygens (including phenoxy) is 2. The number of hydrogen-bond acceptors (Lipinski definition) is 5. The molecule has 1 fully saturated rings. The summed E-state index contributed by atoms with van der Waals surface area (Å²) in [5.41, 5.74) is 0.594. The minimum absolute atomic E-state index is 0.0103. The van der Waals surface area contributed by atoms with E-state index in [2.05, 4.69) is 5.32 Å². The predicted molar refractivity (Wildman–Crippen MR) is 58.2 cm³/mol. The third kappa shape index (κ3) is 3.44. The monoisotopic (exact) mass is 249 g/mol. The average Bonchev–Trinajstić information content (AvgIpc) is 2.89. The van der Waals surface area contributed by atoms with E-state index in [0.29, 0.717) is 18.9 Å². The molecule has 0 aliphatic carbocycles. The maximum Gasteiger partial charge on any atom is 0.261 e. The first-order chi connectivity index (χ1) is 7.05. The molecule has 2 aliphatic rings. The van der Waals surface area contributed by atoms with Crippen molar-refractivity contribution in [3.8, 4) is 0 Å². The zero-order valence-electron chi connectivity index (χ0n) is 7.93. The third-order valence-corrected chi connectivity index (χ3v) is 3.67. The molecule has 0 amide bonds. The number of rotatable bonds is 3. The van der Waals surface area contributed by atoms with Crippen LogP contribution in [0.25, 0.3) is 0 Å². The van der Waals surface area contributed by atoms with Crippen LogP contribution in [0.15, 0.2) is 11.8 Å². The maximum atomic E-state index is 11.1. The van der Waals surface area contributed by atoms with E-state index in [9.17, 15) is 8.42 Å². The Morgan fingerprint density at radius 3 is 3.00 bits per heavy atom. The van der Waals surface area contributed by atoms with Gasteiger partial charge in [-0.25, -0.2) is 8.42 Å². The lowest BCUT2D eigenvalue weighted by Crippen LogP contribution is -2.26. The molecular weight excluding hydrogens is 238 g/mol. The van der Waals surface area contributed by atoms with Crippen LogP contribution >= 0.6 is 12.2 Å². The van der Waals surface area contributed by atoms with Gasteiger partial charge in [-0.3, -0.25) is 0 Å². The van der Waals surface area contributed by atoms with Crippen molar-refractivity contribution in [2.24, 2.45) is 0 Å². The zero-order valence-corrected chi connectivity index (χ0v) is 9.57. The molecule has 7 heteroatoms. The van der Waals surface area contributed by atoms with E-state index in [-0.39, 0.29) is 22.8 Å². The van der Waals surface area contributed by atoms with E-state index in [1.165, 1.54) is 0 Å². The van der Waals surface area contributed by atoms with Gasteiger partial charge in [0.15, 0.2) is 9.84 Å². The molecule has 1 N–H and O–H groups in total. The van der Waals surface area contributed by atoms with Crippen LogP contribution in [0, 0.1) is 0 Å². The van der Waals surface area contributed by atoms with Gasteiger partial charge >= 0.3 is 0 Å². The highest BCUT2D eigenvalue weighted by Gasteiger charge is 2.24. The molecule has 0 radical (unpaired) electrons. The lowest BCUT2D eigenvalue weighted by atomic mass is 10.5. The Labute approximate surface area is 93.4 Å². The summed E-state index contributed by atoms with van der Waals surface area (Å²) in [5, 5.41) is 2.96. The summed E-state index contributed by atoms with van der Waals surface area (Å²) in [6, 6.07) is 0. The third-order valence-electron chi connectivity index (χ3n) is 2.02. The van der Waals surface area contributed by atoms with Crippen molar-refractivity contribution in [2.45, 2.75) is 6.10 Å². The Balaban J connectivity index is 1.74. The molecule has 0 aromatic carbocycles. The first-order valence-corrected chi connectivity index (χ1v) is 6.73. The number of thiocarbonyl (C=S) groups is 1. The van der Waals surface area contributed by atoms with E-state index < -0.39 is 9.84 Å². The summed E-state index contributed by atoms with van der Waals surface area (Å²) in [4.78, 5) is 0. The normalized spacial score (nSPS) is 26.9. The molecule has 0 aromatic rings. The van der Waals surface area contributed by atoms with Gasteiger partial charge in [-0.2, -0.15) is 0 Å². The van der Waals surface area contributed by atoms with Gasteiger partial charge in [0, 0.05) is 5.70 Å². The SMILES string of the molecule is O=S1(=O)CC=C(NC(=S)OC[C@H]2CO2)C1. The predicted octanol–water partition coefficient (Wildman–Crippen LogP) is -0.411. The van der Waals surface area contributed by atoms with Crippen LogP contribution in [0.1, 0.15) is 0 Å². The van der Waals surface area contributed by atoms with Crippen molar-refractivity contribution in [1.29, 1.82) is 0 Å². The van der Waals surface area contributed by atoms with Gasteiger partial charge in [0.2, 0.25) is 0 Å². The molecule has 1 atom stereocenters. The summed E-state index contributed by atoms with van der Waals surface area (Å²) in [6.07, 6.45) is 1.75. The van der Waals surface area contributed by atoms with E-state index in [4.69, 9.17) is 21.7 Å². The molecular formula is C8H11NO4S2.